The Morgan fingerprint density at radius 1 is 1.10 bits per heavy atom. The molecule has 1 amide bonds. The van der Waals surface area contributed by atoms with Gasteiger partial charge in [0.05, 0.1) is 44.8 Å². The van der Waals surface area contributed by atoms with E-state index in [1.165, 1.54) is 11.3 Å². The molecule has 4 aromatic rings. The van der Waals surface area contributed by atoms with Crippen molar-refractivity contribution in [2.45, 2.75) is 13.0 Å². The van der Waals surface area contributed by atoms with Crippen molar-refractivity contribution in [2.24, 2.45) is 0 Å². The van der Waals surface area contributed by atoms with E-state index in [1.54, 1.807) is 25.1 Å². The Hall–Kier alpha value is -3.65. The third-order valence-corrected chi connectivity index (χ3v) is 5.57. The summed E-state index contributed by atoms with van der Waals surface area (Å²) < 4.78 is 12.4. The summed E-state index contributed by atoms with van der Waals surface area (Å²) >= 11 is 1.48. The largest absolute Gasteiger partial charge is 0.493 e. The van der Waals surface area contributed by atoms with Gasteiger partial charge in [-0.3, -0.25) is 9.48 Å². The highest BCUT2D eigenvalue weighted by Crippen LogP contribution is 2.33. The average Bonchev–Trinajstić information content (AvgIpc) is 3.43. The predicted octanol–water partition coefficient (Wildman–Crippen LogP) is 4.25. The Labute approximate surface area is 184 Å². The Bertz CT molecular complexity index is 1170. The number of carbonyl (C=O) groups is 1. The van der Waals surface area contributed by atoms with E-state index in [2.05, 4.69) is 15.4 Å². The van der Waals surface area contributed by atoms with Crippen molar-refractivity contribution in [1.29, 1.82) is 0 Å². The standard InChI is InChI=1S/C23H22N4O3S/c1-29-20-9-8-17(10-21(20)30-2)23-26-18(15-31-23)11-22(28)25-19-12-24-27(14-19)13-16-6-4-3-5-7-16/h3-10,12,14-15H,11,13H2,1-2H3,(H,25,28). The molecule has 2 aromatic heterocycles. The number of carbonyl (C=O) groups excluding carboxylic acids is 1. The number of hydrogen-bond donors (Lipinski definition) is 1. The highest BCUT2D eigenvalue weighted by Gasteiger charge is 2.12. The molecule has 31 heavy (non-hydrogen) atoms. The van der Waals surface area contributed by atoms with Crippen LogP contribution in [0, 0.1) is 0 Å². The minimum Gasteiger partial charge on any atom is -0.493 e. The lowest BCUT2D eigenvalue weighted by Gasteiger charge is -2.08. The molecule has 158 valence electrons. The Balaban J connectivity index is 1.37. The summed E-state index contributed by atoms with van der Waals surface area (Å²) in [6.07, 6.45) is 3.66. The van der Waals surface area contributed by atoms with Crippen molar-refractivity contribution in [3.63, 3.8) is 0 Å². The number of ether oxygens (including phenoxy) is 2. The number of methoxy groups -OCH3 is 2. The van der Waals surface area contributed by atoms with Gasteiger partial charge in [0.2, 0.25) is 5.91 Å². The summed E-state index contributed by atoms with van der Waals surface area (Å²) in [5, 5.41) is 9.91. The molecule has 0 fully saturated rings. The van der Waals surface area contributed by atoms with E-state index in [1.807, 2.05) is 60.1 Å². The molecule has 0 aliphatic carbocycles. The molecule has 0 saturated heterocycles. The molecular formula is C23H22N4O3S. The molecule has 0 aliphatic heterocycles. The van der Waals surface area contributed by atoms with Crippen LogP contribution in [-0.2, 0) is 17.8 Å². The van der Waals surface area contributed by atoms with Gasteiger partial charge in [-0.05, 0) is 23.8 Å². The first-order valence-electron chi connectivity index (χ1n) is 9.67. The molecule has 2 aromatic carbocycles. The number of nitrogens with one attached hydrogen (secondary N) is 1. The van der Waals surface area contributed by atoms with Crippen LogP contribution in [0.1, 0.15) is 11.3 Å². The third kappa shape index (κ3) is 5.10. The molecule has 0 saturated carbocycles. The molecule has 0 radical (unpaired) electrons. The van der Waals surface area contributed by atoms with Crippen LogP contribution in [0.5, 0.6) is 11.5 Å². The van der Waals surface area contributed by atoms with E-state index < -0.39 is 0 Å². The van der Waals surface area contributed by atoms with Crippen LogP contribution in [0.15, 0.2) is 66.3 Å². The summed E-state index contributed by atoms with van der Waals surface area (Å²) in [6, 6.07) is 15.7. The average molecular weight is 435 g/mol. The van der Waals surface area contributed by atoms with Gasteiger partial charge in [0.1, 0.15) is 5.01 Å². The molecule has 0 bridgehead atoms. The fourth-order valence-corrected chi connectivity index (χ4v) is 3.96. The number of hydrogen-bond acceptors (Lipinski definition) is 6. The first kappa shape index (κ1) is 20.6. The minimum atomic E-state index is -0.136. The number of benzene rings is 2. The van der Waals surface area contributed by atoms with E-state index in [-0.39, 0.29) is 12.3 Å². The lowest BCUT2D eigenvalue weighted by atomic mass is 10.2. The minimum absolute atomic E-state index is 0.136. The van der Waals surface area contributed by atoms with Crippen molar-refractivity contribution >= 4 is 22.9 Å². The van der Waals surface area contributed by atoms with Gasteiger partial charge in [-0.25, -0.2) is 4.98 Å². The van der Waals surface area contributed by atoms with Gasteiger partial charge in [-0.15, -0.1) is 11.3 Å². The summed E-state index contributed by atoms with van der Waals surface area (Å²) in [4.78, 5) is 17.1. The van der Waals surface area contributed by atoms with Gasteiger partial charge in [0, 0.05) is 17.1 Å². The lowest BCUT2D eigenvalue weighted by molar-refractivity contribution is -0.115. The number of thiazole rings is 1. The molecule has 1 N–H and O–H groups in total. The molecule has 2 heterocycles. The van der Waals surface area contributed by atoms with E-state index in [9.17, 15) is 4.79 Å². The van der Waals surface area contributed by atoms with E-state index in [0.717, 1.165) is 16.1 Å². The fraction of sp³-hybridized carbons (Fsp3) is 0.174. The van der Waals surface area contributed by atoms with Gasteiger partial charge >= 0.3 is 0 Å². The zero-order chi connectivity index (χ0) is 21.6. The molecule has 0 spiro atoms. The van der Waals surface area contributed by atoms with E-state index in [0.29, 0.717) is 29.4 Å². The van der Waals surface area contributed by atoms with Crippen molar-refractivity contribution in [2.75, 3.05) is 19.5 Å². The second kappa shape index (κ2) is 9.44. The molecule has 7 nitrogen and oxygen atoms in total. The predicted molar refractivity (Wildman–Crippen MR) is 121 cm³/mol. The number of nitrogens with zero attached hydrogens (tertiary/aromatic N) is 3. The number of amides is 1. The summed E-state index contributed by atoms with van der Waals surface area (Å²) in [5.74, 6) is 1.17. The van der Waals surface area contributed by atoms with E-state index >= 15 is 0 Å². The maximum absolute atomic E-state index is 12.5. The molecule has 0 aliphatic rings. The van der Waals surface area contributed by atoms with E-state index in [4.69, 9.17) is 9.47 Å². The number of rotatable bonds is 8. The lowest BCUT2D eigenvalue weighted by Crippen LogP contribution is -2.14. The van der Waals surface area contributed by atoms with Crippen molar-refractivity contribution in [3.8, 4) is 22.1 Å². The van der Waals surface area contributed by atoms with Crippen LogP contribution in [0.25, 0.3) is 10.6 Å². The smallest absolute Gasteiger partial charge is 0.230 e. The first-order valence-corrected chi connectivity index (χ1v) is 10.6. The highest BCUT2D eigenvalue weighted by molar-refractivity contribution is 7.13. The van der Waals surface area contributed by atoms with Gasteiger partial charge in [0.15, 0.2) is 11.5 Å². The zero-order valence-electron chi connectivity index (χ0n) is 17.2. The maximum atomic E-state index is 12.5. The second-order valence-electron chi connectivity index (χ2n) is 6.85. The molecule has 0 unspecified atom stereocenters. The molecule has 8 heteroatoms. The van der Waals surface area contributed by atoms with Gasteiger partial charge in [0.25, 0.3) is 0 Å². The van der Waals surface area contributed by atoms with Gasteiger partial charge < -0.3 is 14.8 Å². The van der Waals surface area contributed by atoms with Crippen LogP contribution in [-0.4, -0.2) is 34.9 Å². The van der Waals surface area contributed by atoms with Crippen LogP contribution in [0.2, 0.25) is 0 Å². The van der Waals surface area contributed by atoms with Crippen molar-refractivity contribution < 1.29 is 14.3 Å². The second-order valence-corrected chi connectivity index (χ2v) is 7.71. The van der Waals surface area contributed by atoms with Crippen LogP contribution in [0.4, 0.5) is 5.69 Å². The number of anilines is 1. The Morgan fingerprint density at radius 3 is 2.68 bits per heavy atom. The van der Waals surface area contributed by atoms with Crippen molar-refractivity contribution in [3.05, 3.63) is 77.6 Å². The van der Waals surface area contributed by atoms with Gasteiger partial charge in [-0.2, -0.15) is 5.10 Å². The summed E-state index contributed by atoms with van der Waals surface area (Å²) in [7, 11) is 3.20. The molecular weight excluding hydrogens is 412 g/mol. The summed E-state index contributed by atoms with van der Waals surface area (Å²) in [6.45, 7) is 0.650. The third-order valence-electron chi connectivity index (χ3n) is 4.63. The first-order chi connectivity index (χ1) is 15.1. The van der Waals surface area contributed by atoms with Crippen LogP contribution < -0.4 is 14.8 Å². The monoisotopic (exact) mass is 434 g/mol. The Kier molecular flexibility index (Phi) is 6.28. The molecule has 4 rings (SSSR count). The topological polar surface area (TPSA) is 78.3 Å². The quantitative estimate of drug-likeness (QED) is 0.448. The molecule has 0 atom stereocenters. The number of aromatic nitrogens is 3. The van der Waals surface area contributed by atoms with Crippen LogP contribution in [0.3, 0.4) is 0 Å². The maximum Gasteiger partial charge on any atom is 0.230 e. The normalized spacial score (nSPS) is 10.6. The summed E-state index contributed by atoms with van der Waals surface area (Å²) in [5.41, 5.74) is 3.44. The van der Waals surface area contributed by atoms with Gasteiger partial charge in [-0.1, -0.05) is 30.3 Å². The fourth-order valence-electron chi connectivity index (χ4n) is 3.14. The highest BCUT2D eigenvalue weighted by atomic mass is 32.1. The Morgan fingerprint density at radius 2 is 1.90 bits per heavy atom. The SMILES string of the molecule is COc1ccc(-c2nc(CC(=O)Nc3cnn(Cc4ccccc4)c3)cs2)cc1OC. The van der Waals surface area contributed by atoms with Crippen molar-refractivity contribution in [1.82, 2.24) is 14.8 Å². The van der Waals surface area contributed by atoms with Crippen LogP contribution >= 0.6 is 11.3 Å². The zero-order valence-corrected chi connectivity index (χ0v) is 18.1.